The summed E-state index contributed by atoms with van der Waals surface area (Å²) in [7, 11) is 0. The van der Waals surface area contributed by atoms with Gasteiger partial charge in [-0.15, -0.1) is 0 Å². The van der Waals surface area contributed by atoms with Crippen molar-refractivity contribution in [2.75, 3.05) is 5.32 Å². The van der Waals surface area contributed by atoms with E-state index < -0.39 is 5.97 Å². The highest BCUT2D eigenvalue weighted by Gasteiger charge is 2.19. The van der Waals surface area contributed by atoms with E-state index in [4.69, 9.17) is 0 Å². The number of hydrogen-bond acceptors (Lipinski definition) is 4. The third-order valence-corrected chi connectivity index (χ3v) is 3.11. The Labute approximate surface area is 114 Å². The lowest BCUT2D eigenvalue weighted by molar-refractivity contribution is 0.0691. The first kappa shape index (κ1) is 15.4. The highest BCUT2D eigenvalue weighted by Crippen LogP contribution is 2.20. The van der Waals surface area contributed by atoms with Crippen LogP contribution in [0.25, 0.3) is 0 Å². The van der Waals surface area contributed by atoms with E-state index in [1.54, 1.807) is 6.20 Å². The van der Waals surface area contributed by atoms with Crippen molar-refractivity contribution >= 4 is 11.7 Å². The number of nitrogens with one attached hydrogen (secondary N) is 1. The first-order chi connectivity index (χ1) is 8.86. The van der Waals surface area contributed by atoms with Gasteiger partial charge < -0.3 is 10.4 Å². The number of rotatable bonds is 6. The predicted molar refractivity (Wildman–Crippen MR) is 75.6 cm³/mol. The molecule has 0 radical (unpaired) electrons. The molecule has 0 spiro atoms. The topological polar surface area (TPSA) is 75.1 Å². The second kappa shape index (κ2) is 6.50. The maximum absolute atomic E-state index is 11.3. The SMILES string of the molecule is CCC(Nc1cnc(C(C)C)nc1C(=O)O)C(C)C. The second-order valence-corrected chi connectivity index (χ2v) is 5.35. The molecule has 5 nitrogen and oxygen atoms in total. The second-order valence-electron chi connectivity index (χ2n) is 5.35. The summed E-state index contributed by atoms with van der Waals surface area (Å²) in [6.07, 6.45) is 2.50. The maximum atomic E-state index is 11.3. The van der Waals surface area contributed by atoms with E-state index in [9.17, 15) is 9.90 Å². The minimum atomic E-state index is -1.02. The van der Waals surface area contributed by atoms with Crippen LogP contribution in [0.4, 0.5) is 5.69 Å². The van der Waals surface area contributed by atoms with Gasteiger partial charge in [0.05, 0.1) is 11.9 Å². The van der Waals surface area contributed by atoms with Crippen molar-refractivity contribution < 1.29 is 9.90 Å². The Kier molecular flexibility index (Phi) is 5.27. The lowest BCUT2D eigenvalue weighted by Crippen LogP contribution is -2.26. The summed E-state index contributed by atoms with van der Waals surface area (Å²) in [4.78, 5) is 19.7. The fraction of sp³-hybridized carbons (Fsp3) is 0.643. The van der Waals surface area contributed by atoms with Gasteiger partial charge in [0.25, 0.3) is 0 Å². The number of aromatic nitrogens is 2. The van der Waals surface area contributed by atoms with E-state index in [0.29, 0.717) is 17.4 Å². The molecule has 1 unspecified atom stereocenters. The van der Waals surface area contributed by atoms with Gasteiger partial charge >= 0.3 is 5.97 Å². The van der Waals surface area contributed by atoms with Crippen LogP contribution in [0.15, 0.2) is 6.20 Å². The van der Waals surface area contributed by atoms with Gasteiger partial charge in [-0.3, -0.25) is 0 Å². The molecule has 19 heavy (non-hydrogen) atoms. The Bertz CT molecular complexity index is 444. The zero-order chi connectivity index (χ0) is 14.6. The lowest BCUT2D eigenvalue weighted by atomic mass is 10.0. The molecule has 0 aliphatic heterocycles. The Morgan fingerprint density at radius 2 is 2.00 bits per heavy atom. The molecule has 1 atom stereocenters. The number of hydrogen-bond donors (Lipinski definition) is 2. The van der Waals surface area contributed by atoms with Crippen LogP contribution in [-0.2, 0) is 0 Å². The molecular weight excluding hydrogens is 242 g/mol. The highest BCUT2D eigenvalue weighted by atomic mass is 16.4. The van der Waals surface area contributed by atoms with Gasteiger partial charge in [-0.2, -0.15) is 0 Å². The largest absolute Gasteiger partial charge is 0.476 e. The molecule has 5 heteroatoms. The van der Waals surface area contributed by atoms with E-state index in [-0.39, 0.29) is 17.7 Å². The Morgan fingerprint density at radius 3 is 2.42 bits per heavy atom. The smallest absolute Gasteiger partial charge is 0.356 e. The summed E-state index contributed by atoms with van der Waals surface area (Å²) >= 11 is 0. The number of carboxylic acid groups (broad SMARTS) is 1. The van der Waals surface area contributed by atoms with Crippen LogP contribution in [0.1, 0.15) is 63.3 Å². The van der Waals surface area contributed by atoms with Crippen LogP contribution in [0.3, 0.4) is 0 Å². The van der Waals surface area contributed by atoms with Gasteiger partial charge in [0.2, 0.25) is 0 Å². The molecule has 0 bridgehead atoms. The fourth-order valence-electron chi connectivity index (χ4n) is 1.88. The zero-order valence-corrected chi connectivity index (χ0v) is 12.3. The van der Waals surface area contributed by atoms with Gasteiger partial charge in [-0.05, 0) is 12.3 Å². The molecule has 0 saturated heterocycles. The van der Waals surface area contributed by atoms with E-state index in [0.717, 1.165) is 6.42 Å². The standard InChI is InChI=1S/C14H23N3O2/c1-6-10(8(2)3)16-11-7-15-13(9(4)5)17-12(11)14(18)19/h7-10,16H,6H2,1-5H3,(H,18,19). The van der Waals surface area contributed by atoms with Crippen LogP contribution in [0.2, 0.25) is 0 Å². The number of anilines is 1. The average Bonchev–Trinajstić information content (AvgIpc) is 2.35. The van der Waals surface area contributed by atoms with Crippen molar-refractivity contribution in [3.05, 3.63) is 17.7 Å². The number of aromatic carboxylic acids is 1. The van der Waals surface area contributed by atoms with Gasteiger partial charge in [-0.25, -0.2) is 14.8 Å². The monoisotopic (exact) mass is 265 g/mol. The minimum absolute atomic E-state index is 0.0535. The molecule has 2 N–H and O–H groups in total. The van der Waals surface area contributed by atoms with Crippen molar-refractivity contribution in [3.8, 4) is 0 Å². The molecule has 1 rings (SSSR count). The Balaban J connectivity index is 3.09. The zero-order valence-electron chi connectivity index (χ0n) is 12.3. The number of carbonyl (C=O) groups is 1. The van der Waals surface area contributed by atoms with Gasteiger partial charge in [0.1, 0.15) is 5.82 Å². The summed E-state index contributed by atoms with van der Waals surface area (Å²) in [5.41, 5.74) is 0.551. The molecule has 106 valence electrons. The summed E-state index contributed by atoms with van der Waals surface area (Å²) in [5, 5.41) is 12.5. The van der Waals surface area contributed by atoms with Crippen molar-refractivity contribution in [1.82, 2.24) is 9.97 Å². The molecule has 1 heterocycles. The first-order valence-electron chi connectivity index (χ1n) is 6.73. The molecule has 1 aromatic rings. The van der Waals surface area contributed by atoms with Crippen LogP contribution in [0, 0.1) is 5.92 Å². The molecule has 0 saturated carbocycles. The maximum Gasteiger partial charge on any atom is 0.356 e. The van der Waals surface area contributed by atoms with E-state index in [1.165, 1.54) is 0 Å². The van der Waals surface area contributed by atoms with Crippen molar-refractivity contribution in [3.63, 3.8) is 0 Å². The Morgan fingerprint density at radius 1 is 1.37 bits per heavy atom. The van der Waals surface area contributed by atoms with Gasteiger partial charge in [-0.1, -0.05) is 34.6 Å². The lowest BCUT2D eigenvalue weighted by Gasteiger charge is -2.22. The normalized spacial score (nSPS) is 12.8. The molecule has 0 amide bonds. The third kappa shape index (κ3) is 3.91. The highest BCUT2D eigenvalue weighted by molar-refractivity contribution is 5.91. The first-order valence-corrected chi connectivity index (χ1v) is 6.73. The van der Waals surface area contributed by atoms with Crippen molar-refractivity contribution in [2.45, 2.75) is 53.0 Å². The van der Waals surface area contributed by atoms with E-state index >= 15 is 0 Å². The van der Waals surface area contributed by atoms with Crippen LogP contribution in [0.5, 0.6) is 0 Å². The minimum Gasteiger partial charge on any atom is -0.476 e. The van der Waals surface area contributed by atoms with Crippen molar-refractivity contribution in [2.24, 2.45) is 5.92 Å². The molecule has 0 aliphatic carbocycles. The van der Waals surface area contributed by atoms with Crippen LogP contribution >= 0.6 is 0 Å². The predicted octanol–water partition coefficient (Wildman–Crippen LogP) is 3.14. The van der Waals surface area contributed by atoms with Crippen molar-refractivity contribution in [1.29, 1.82) is 0 Å². The van der Waals surface area contributed by atoms with Gasteiger partial charge in [0, 0.05) is 12.0 Å². The third-order valence-electron chi connectivity index (χ3n) is 3.11. The summed E-state index contributed by atoms with van der Waals surface area (Å²) in [5.74, 6) is 0.0570. The molecule has 1 aromatic heterocycles. The Hall–Kier alpha value is -1.65. The quantitative estimate of drug-likeness (QED) is 0.826. The number of nitrogens with zero attached hydrogens (tertiary/aromatic N) is 2. The number of carboxylic acids is 1. The summed E-state index contributed by atoms with van der Waals surface area (Å²) in [6.45, 7) is 10.2. The van der Waals surface area contributed by atoms with Gasteiger partial charge in [0.15, 0.2) is 5.69 Å². The molecular formula is C14H23N3O2. The summed E-state index contributed by atoms with van der Waals surface area (Å²) in [6, 6.07) is 0.214. The molecule has 0 aromatic carbocycles. The summed E-state index contributed by atoms with van der Waals surface area (Å²) < 4.78 is 0. The molecule has 0 fully saturated rings. The van der Waals surface area contributed by atoms with Crippen LogP contribution in [-0.4, -0.2) is 27.1 Å². The fourth-order valence-corrected chi connectivity index (χ4v) is 1.88. The average molecular weight is 265 g/mol. The molecule has 0 aliphatic rings. The van der Waals surface area contributed by atoms with E-state index in [2.05, 4.69) is 36.1 Å². The van der Waals surface area contributed by atoms with E-state index in [1.807, 2.05) is 13.8 Å². The van der Waals surface area contributed by atoms with Crippen LogP contribution < -0.4 is 5.32 Å².